The summed E-state index contributed by atoms with van der Waals surface area (Å²) in [6.07, 6.45) is 1.91. The molecule has 1 atom stereocenters. The first-order chi connectivity index (χ1) is 16.6. The van der Waals surface area contributed by atoms with E-state index in [-0.39, 0.29) is 5.92 Å². The Hall–Kier alpha value is -1.83. The lowest BCUT2D eigenvalue weighted by molar-refractivity contribution is 0.0156. The Balaban J connectivity index is 1.39. The maximum atomic E-state index is 8.17. The number of hydrogen-bond acceptors (Lipinski definition) is 5. The van der Waals surface area contributed by atoms with Crippen molar-refractivity contribution in [1.29, 1.82) is 0 Å². The molecule has 0 spiro atoms. The second-order valence-electron chi connectivity index (χ2n) is 8.34. The Kier molecular flexibility index (Phi) is 11.4. The van der Waals surface area contributed by atoms with Gasteiger partial charge in [0.05, 0.1) is 33.0 Å². The first-order valence-electron chi connectivity index (χ1n) is 11.6. The van der Waals surface area contributed by atoms with Gasteiger partial charge < -0.3 is 19.1 Å². The van der Waals surface area contributed by atoms with Crippen molar-refractivity contribution in [2.75, 3.05) is 59.8 Å². The Morgan fingerprint density at radius 1 is 1.03 bits per heavy atom. The van der Waals surface area contributed by atoms with Gasteiger partial charge in [-0.05, 0) is 59.8 Å². The zero-order valence-corrected chi connectivity index (χ0v) is 21.1. The van der Waals surface area contributed by atoms with Crippen molar-refractivity contribution in [3.05, 3.63) is 79.1 Å². The molecular formula is C25H32Cl2N4O3. The molecule has 9 heteroatoms. The van der Waals surface area contributed by atoms with Gasteiger partial charge in [-0.15, -0.1) is 0 Å². The molecule has 0 amide bonds. The van der Waals surface area contributed by atoms with Crippen molar-refractivity contribution in [2.45, 2.75) is 25.3 Å². The fourth-order valence-corrected chi connectivity index (χ4v) is 4.74. The molecule has 1 unspecified atom stereocenters. The van der Waals surface area contributed by atoms with Gasteiger partial charge in [0, 0.05) is 47.1 Å². The molecule has 34 heavy (non-hydrogen) atoms. The number of nitrogens with zero attached hydrogens (tertiary/aromatic N) is 4. The van der Waals surface area contributed by atoms with E-state index < -0.39 is 0 Å². The largest absolute Gasteiger partial charge is 0.379 e. The van der Waals surface area contributed by atoms with Gasteiger partial charge >= 0.3 is 0 Å². The van der Waals surface area contributed by atoms with Gasteiger partial charge in [-0.1, -0.05) is 52.6 Å². The van der Waals surface area contributed by atoms with E-state index in [1.807, 2.05) is 6.07 Å². The van der Waals surface area contributed by atoms with Gasteiger partial charge in [0.15, 0.2) is 0 Å². The van der Waals surface area contributed by atoms with E-state index in [4.69, 9.17) is 42.9 Å². The van der Waals surface area contributed by atoms with E-state index in [1.165, 1.54) is 22.3 Å². The number of halogens is 2. The number of azide groups is 1. The monoisotopic (exact) mass is 506 g/mol. The smallest absolute Gasteiger partial charge is 0.0701 e. The quantitative estimate of drug-likeness (QED) is 0.139. The van der Waals surface area contributed by atoms with E-state index in [1.54, 1.807) is 0 Å². The van der Waals surface area contributed by atoms with E-state index in [0.717, 1.165) is 31.0 Å². The molecule has 0 saturated heterocycles. The molecule has 0 fully saturated rings. The van der Waals surface area contributed by atoms with Crippen LogP contribution in [0.3, 0.4) is 0 Å². The minimum absolute atomic E-state index is 0.251. The lowest BCUT2D eigenvalue weighted by atomic mass is 9.84. The highest BCUT2D eigenvalue weighted by Crippen LogP contribution is 2.38. The van der Waals surface area contributed by atoms with Gasteiger partial charge in [0.1, 0.15) is 0 Å². The fraction of sp³-hybridized carbons (Fsp3) is 0.520. The summed E-state index contributed by atoms with van der Waals surface area (Å²) in [5.74, 6) is 0.251. The minimum atomic E-state index is 0.251. The maximum Gasteiger partial charge on any atom is 0.0701 e. The van der Waals surface area contributed by atoms with Crippen LogP contribution in [-0.4, -0.2) is 64.7 Å². The van der Waals surface area contributed by atoms with Gasteiger partial charge in [0.25, 0.3) is 0 Å². The van der Waals surface area contributed by atoms with Crippen LogP contribution >= 0.6 is 23.2 Å². The number of aryl methyl sites for hydroxylation is 1. The second-order valence-corrected chi connectivity index (χ2v) is 9.19. The third kappa shape index (κ3) is 8.43. The molecule has 3 rings (SSSR count). The lowest BCUT2D eigenvalue weighted by Gasteiger charge is -2.33. The van der Waals surface area contributed by atoms with Crippen molar-refractivity contribution in [2.24, 2.45) is 5.11 Å². The second kappa shape index (κ2) is 14.5. The van der Waals surface area contributed by atoms with Crippen LogP contribution in [0.5, 0.6) is 0 Å². The van der Waals surface area contributed by atoms with Crippen LogP contribution in [0.25, 0.3) is 10.4 Å². The van der Waals surface area contributed by atoms with Crippen LogP contribution in [0, 0.1) is 0 Å². The van der Waals surface area contributed by atoms with E-state index in [9.17, 15) is 0 Å². The summed E-state index contributed by atoms with van der Waals surface area (Å²) >= 11 is 12.8. The summed E-state index contributed by atoms with van der Waals surface area (Å²) < 4.78 is 16.4. The highest BCUT2D eigenvalue weighted by Gasteiger charge is 2.27. The standard InChI is InChI=1S/C25H32Cl2N4O3/c1-31-17-23(22-15-21(26)16-25(27)24(22)18-31)20-6-2-4-19(14-20)5-3-8-32-10-12-34-13-11-33-9-7-29-30-28/h2,4,6,14-16,23H,3,5,7-13,17-18H2,1H3. The molecule has 184 valence electrons. The number of ether oxygens (including phenoxy) is 3. The molecule has 1 aliphatic heterocycles. The van der Waals surface area contributed by atoms with E-state index in [2.05, 4.69) is 52.3 Å². The molecule has 1 heterocycles. The number of benzene rings is 2. The number of hydrogen-bond donors (Lipinski definition) is 0. The van der Waals surface area contributed by atoms with Crippen LogP contribution in [-0.2, 0) is 27.2 Å². The van der Waals surface area contributed by atoms with Crippen molar-refractivity contribution in [3.63, 3.8) is 0 Å². The Morgan fingerprint density at radius 2 is 1.76 bits per heavy atom. The molecule has 2 aromatic rings. The van der Waals surface area contributed by atoms with Crippen LogP contribution in [0.4, 0.5) is 0 Å². The maximum absolute atomic E-state index is 8.17. The van der Waals surface area contributed by atoms with Gasteiger partial charge in [-0.3, -0.25) is 0 Å². The van der Waals surface area contributed by atoms with Gasteiger partial charge in [0.2, 0.25) is 0 Å². The highest BCUT2D eigenvalue weighted by molar-refractivity contribution is 6.35. The van der Waals surface area contributed by atoms with Crippen molar-refractivity contribution >= 4 is 23.2 Å². The molecule has 0 aromatic heterocycles. The number of fused-ring (bicyclic) bond motifs is 1. The Labute approximate surface area is 211 Å². The van der Waals surface area contributed by atoms with Crippen LogP contribution in [0.15, 0.2) is 41.5 Å². The summed E-state index contributed by atoms with van der Waals surface area (Å²) in [4.78, 5) is 4.98. The minimum Gasteiger partial charge on any atom is -0.379 e. The van der Waals surface area contributed by atoms with Crippen LogP contribution in [0.2, 0.25) is 10.0 Å². The van der Waals surface area contributed by atoms with Crippen molar-refractivity contribution < 1.29 is 14.2 Å². The number of rotatable bonds is 14. The summed E-state index contributed by atoms with van der Waals surface area (Å²) in [6.45, 7) is 5.31. The van der Waals surface area contributed by atoms with Crippen LogP contribution < -0.4 is 0 Å². The first-order valence-corrected chi connectivity index (χ1v) is 12.3. The molecule has 2 aromatic carbocycles. The molecule has 7 nitrogen and oxygen atoms in total. The predicted molar refractivity (Wildman–Crippen MR) is 136 cm³/mol. The molecule has 0 bridgehead atoms. The molecule has 0 saturated carbocycles. The topological polar surface area (TPSA) is 79.7 Å². The lowest BCUT2D eigenvalue weighted by Crippen LogP contribution is -2.31. The zero-order valence-electron chi connectivity index (χ0n) is 19.6. The van der Waals surface area contributed by atoms with Crippen molar-refractivity contribution in [3.8, 4) is 0 Å². The summed E-state index contributed by atoms with van der Waals surface area (Å²) in [5.41, 5.74) is 13.2. The van der Waals surface area contributed by atoms with Crippen molar-refractivity contribution in [1.82, 2.24) is 4.90 Å². The van der Waals surface area contributed by atoms with E-state index in [0.29, 0.717) is 51.2 Å². The summed E-state index contributed by atoms with van der Waals surface area (Å²) in [7, 11) is 2.13. The fourth-order valence-electron chi connectivity index (χ4n) is 4.17. The zero-order chi connectivity index (χ0) is 24.2. The Bertz CT molecular complexity index is 969. The third-order valence-electron chi connectivity index (χ3n) is 5.74. The summed E-state index contributed by atoms with van der Waals surface area (Å²) in [6, 6.07) is 12.7. The average Bonchev–Trinajstić information content (AvgIpc) is 2.82. The molecular weight excluding hydrogens is 475 g/mol. The SMILES string of the molecule is CN1Cc2c(Cl)cc(Cl)cc2C(c2cccc(CCCOCCOCCOCCN=[N+]=[N-])c2)C1. The average molecular weight is 507 g/mol. The molecule has 0 aliphatic carbocycles. The molecule has 0 N–H and O–H groups in total. The Morgan fingerprint density at radius 3 is 2.53 bits per heavy atom. The normalized spacial score (nSPS) is 15.7. The van der Waals surface area contributed by atoms with Gasteiger partial charge in [-0.2, -0.15) is 0 Å². The highest BCUT2D eigenvalue weighted by atomic mass is 35.5. The number of likely N-dealkylation sites (N-methyl/N-ethyl adjacent to an activating group) is 1. The van der Waals surface area contributed by atoms with Crippen LogP contribution in [0.1, 0.15) is 34.6 Å². The third-order valence-corrected chi connectivity index (χ3v) is 6.30. The predicted octanol–water partition coefficient (Wildman–Crippen LogP) is 5.86. The first kappa shape index (κ1) is 26.8. The molecule has 1 aliphatic rings. The van der Waals surface area contributed by atoms with E-state index >= 15 is 0 Å². The summed E-state index contributed by atoms with van der Waals surface area (Å²) in [5, 5.41) is 4.83. The van der Waals surface area contributed by atoms with Gasteiger partial charge in [-0.25, -0.2) is 0 Å². The molecule has 0 radical (unpaired) electrons.